The number of nitrogens with two attached hydrogens (primary N) is 1. The highest BCUT2D eigenvalue weighted by Crippen LogP contribution is 2.23. The van der Waals surface area contributed by atoms with E-state index in [9.17, 15) is 4.79 Å². The predicted molar refractivity (Wildman–Crippen MR) is 91.0 cm³/mol. The number of imidazole rings is 1. The lowest BCUT2D eigenvalue weighted by Crippen LogP contribution is -2.33. The van der Waals surface area contributed by atoms with E-state index >= 15 is 0 Å². The molecule has 0 bridgehead atoms. The van der Waals surface area contributed by atoms with Gasteiger partial charge in [-0.15, -0.1) is 0 Å². The van der Waals surface area contributed by atoms with E-state index in [1.807, 2.05) is 36.9 Å². The molecular formula is C18H22N4O. The molecule has 5 nitrogen and oxygen atoms in total. The van der Waals surface area contributed by atoms with E-state index < -0.39 is 0 Å². The van der Waals surface area contributed by atoms with Crippen molar-refractivity contribution in [2.45, 2.75) is 26.8 Å². The van der Waals surface area contributed by atoms with Crippen molar-refractivity contribution >= 4 is 11.5 Å². The van der Waals surface area contributed by atoms with E-state index in [2.05, 4.69) is 16.5 Å². The van der Waals surface area contributed by atoms with E-state index in [0.29, 0.717) is 25.2 Å². The summed E-state index contributed by atoms with van der Waals surface area (Å²) < 4.78 is 0. The minimum Gasteiger partial charge on any atom is -0.346 e. The molecule has 1 aliphatic rings. The topological polar surface area (TPSA) is 75.0 Å². The lowest BCUT2D eigenvalue weighted by atomic mass is 10.0. The molecule has 23 heavy (non-hydrogen) atoms. The number of aromatic amines is 1. The fourth-order valence-corrected chi connectivity index (χ4v) is 3.06. The van der Waals surface area contributed by atoms with Crippen molar-refractivity contribution in [3.8, 4) is 0 Å². The third-order valence-corrected chi connectivity index (χ3v) is 4.34. The average Bonchev–Trinajstić information content (AvgIpc) is 2.84. The number of aryl methyl sites for hydroxylation is 2. The van der Waals surface area contributed by atoms with Gasteiger partial charge in [0, 0.05) is 37.3 Å². The summed E-state index contributed by atoms with van der Waals surface area (Å²) in [6, 6.07) is 5.70. The van der Waals surface area contributed by atoms with Gasteiger partial charge in [-0.25, -0.2) is 4.98 Å². The van der Waals surface area contributed by atoms with E-state index in [4.69, 9.17) is 5.73 Å². The number of benzene rings is 1. The second-order valence-electron chi connectivity index (χ2n) is 6.08. The summed E-state index contributed by atoms with van der Waals surface area (Å²) in [5.74, 6) is 0.920. The van der Waals surface area contributed by atoms with Crippen LogP contribution >= 0.6 is 0 Å². The average molecular weight is 310 g/mol. The second-order valence-corrected chi connectivity index (χ2v) is 6.08. The molecule has 0 radical (unpaired) electrons. The molecule has 3 N–H and O–H groups in total. The monoisotopic (exact) mass is 310 g/mol. The molecule has 0 spiro atoms. The van der Waals surface area contributed by atoms with Gasteiger partial charge in [0.2, 0.25) is 0 Å². The molecule has 0 fully saturated rings. The van der Waals surface area contributed by atoms with Crippen molar-refractivity contribution in [3.05, 3.63) is 58.7 Å². The fraction of sp³-hybridized carbons (Fsp3) is 0.333. The molecule has 0 saturated heterocycles. The van der Waals surface area contributed by atoms with Gasteiger partial charge in [0.1, 0.15) is 5.82 Å². The van der Waals surface area contributed by atoms with E-state index in [-0.39, 0.29) is 5.91 Å². The van der Waals surface area contributed by atoms with Crippen LogP contribution < -0.4 is 5.73 Å². The van der Waals surface area contributed by atoms with Gasteiger partial charge in [-0.05, 0) is 42.7 Å². The van der Waals surface area contributed by atoms with E-state index in [1.54, 1.807) is 0 Å². The van der Waals surface area contributed by atoms with Crippen LogP contribution in [0.3, 0.4) is 0 Å². The van der Waals surface area contributed by atoms with Crippen molar-refractivity contribution in [1.29, 1.82) is 0 Å². The van der Waals surface area contributed by atoms with Crippen LogP contribution in [0, 0.1) is 13.8 Å². The molecule has 0 aliphatic carbocycles. The van der Waals surface area contributed by atoms with E-state index in [1.165, 1.54) is 0 Å². The van der Waals surface area contributed by atoms with Crippen LogP contribution in [-0.2, 0) is 13.0 Å². The smallest absolute Gasteiger partial charge is 0.254 e. The third-order valence-electron chi connectivity index (χ3n) is 4.34. The summed E-state index contributed by atoms with van der Waals surface area (Å²) in [6.07, 6.45) is 0.765. The Bertz CT molecular complexity index is 775. The Labute approximate surface area is 136 Å². The molecular weight excluding hydrogens is 288 g/mol. The highest BCUT2D eigenvalue weighted by molar-refractivity contribution is 5.95. The second kappa shape index (κ2) is 6.01. The summed E-state index contributed by atoms with van der Waals surface area (Å²) in [7, 11) is 0. The summed E-state index contributed by atoms with van der Waals surface area (Å²) in [5.41, 5.74) is 11.4. The maximum absolute atomic E-state index is 12.8. The zero-order chi connectivity index (χ0) is 16.6. The lowest BCUT2D eigenvalue weighted by molar-refractivity contribution is 0.0780. The molecule has 120 valence electrons. The largest absolute Gasteiger partial charge is 0.346 e. The van der Waals surface area contributed by atoms with Gasteiger partial charge in [-0.2, -0.15) is 0 Å². The number of nitrogens with zero attached hydrogens (tertiary/aromatic N) is 2. The molecule has 0 unspecified atom stereocenters. The van der Waals surface area contributed by atoms with Gasteiger partial charge in [0.05, 0.1) is 5.69 Å². The Morgan fingerprint density at radius 2 is 2.22 bits per heavy atom. The quantitative estimate of drug-likeness (QED) is 0.893. The number of carbonyl (C=O) groups is 1. The summed E-state index contributed by atoms with van der Waals surface area (Å²) in [5, 5.41) is 0. The van der Waals surface area contributed by atoms with Gasteiger partial charge in [-0.1, -0.05) is 12.6 Å². The normalized spacial score (nSPS) is 14.6. The SMILES string of the molecule is C=C1CN(C(=O)c2ccc(CN)c(C)c2)CCc2[nH]c(C)nc21. The summed E-state index contributed by atoms with van der Waals surface area (Å²) in [6.45, 7) is 9.68. The van der Waals surface area contributed by atoms with Crippen LogP contribution in [0.5, 0.6) is 0 Å². The standard InChI is InChI=1S/C18H22N4O/c1-11-8-14(4-5-15(11)9-19)18(23)22-7-6-16-17(12(2)10-22)21-13(3)20-16/h4-5,8H,2,6-7,9-10,19H2,1,3H3,(H,20,21). The van der Waals surface area contributed by atoms with Crippen molar-refractivity contribution in [1.82, 2.24) is 14.9 Å². The maximum Gasteiger partial charge on any atom is 0.254 e. The highest BCUT2D eigenvalue weighted by atomic mass is 16.2. The van der Waals surface area contributed by atoms with E-state index in [0.717, 1.165) is 40.3 Å². The van der Waals surface area contributed by atoms with Crippen LogP contribution in [0.4, 0.5) is 0 Å². The summed E-state index contributed by atoms with van der Waals surface area (Å²) >= 11 is 0. The van der Waals surface area contributed by atoms with Crippen molar-refractivity contribution < 1.29 is 4.79 Å². The molecule has 0 saturated carbocycles. The molecule has 3 rings (SSSR count). The first-order chi connectivity index (χ1) is 11.0. The zero-order valence-electron chi connectivity index (χ0n) is 13.6. The van der Waals surface area contributed by atoms with Gasteiger partial charge in [-0.3, -0.25) is 4.79 Å². The molecule has 1 amide bonds. The number of carbonyl (C=O) groups excluding carboxylic acids is 1. The van der Waals surface area contributed by atoms with Gasteiger partial charge < -0.3 is 15.6 Å². The molecule has 1 aromatic heterocycles. The van der Waals surface area contributed by atoms with Crippen molar-refractivity contribution in [2.24, 2.45) is 5.73 Å². The Balaban J connectivity index is 1.82. The Kier molecular flexibility index (Phi) is 4.05. The molecule has 2 aromatic rings. The number of amides is 1. The molecule has 0 atom stereocenters. The number of fused-ring (bicyclic) bond motifs is 1. The minimum atomic E-state index is 0.0275. The van der Waals surface area contributed by atoms with Crippen LogP contribution in [0.2, 0.25) is 0 Å². The molecule has 5 heteroatoms. The summed E-state index contributed by atoms with van der Waals surface area (Å²) in [4.78, 5) is 22.4. The molecule has 2 heterocycles. The fourth-order valence-electron chi connectivity index (χ4n) is 3.06. The first-order valence-electron chi connectivity index (χ1n) is 7.82. The minimum absolute atomic E-state index is 0.0275. The zero-order valence-corrected chi connectivity index (χ0v) is 13.6. The Hall–Kier alpha value is -2.40. The highest BCUT2D eigenvalue weighted by Gasteiger charge is 2.24. The first-order valence-corrected chi connectivity index (χ1v) is 7.82. The number of hydrogen-bond acceptors (Lipinski definition) is 3. The lowest BCUT2D eigenvalue weighted by Gasteiger charge is -2.21. The van der Waals surface area contributed by atoms with Gasteiger partial charge >= 0.3 is 0 Å². The number of nitrogens with one attached hydrogen (secondary N) is 1. The number of rotatable bonds is 2. The molecule has 1 aromatic carbocycles. The van der Waals surface area contributed by atoms with Crippen LogP contribution in [0.1, 0.15) is 38.7 Å². The van der Waals surface area contributed by atoms with Crippen molar-refractivity contribution in [3.63, 3.8) is 0 Å². The van der Waals surface area contributed by atoms with Gasteiger partial charge in [0.15, 0.2) is 0 Å². The Morgan fingerprint density at radius 1 is 1.43 bits per heavy atom. The first kappa shape index (κ1) is 15.5. The van der Waals surface area contributed by atoms with Gasteiger partial charge in [0.25, 0.3) is 5.91 Å². The van der Waals surface area contributed by atoms with Crippen molar-refractivity contribution in [2.75, 3.05) is 13.1 Å². The van der Waals surface area contributed by atoms with Crippen LogP contribution in [0.25, 0.3) is 5.57 Å². The van der Waals surface area contributed by atoms with Crippen LogP contribution in [0.15, 0.2) is 24.8 Å². The number of aromatic nitrogens is 2. The number of H-pyrrole nitrogens is 1. The third kappa shape index (κ3) is 2.92. The number of hydrogen-bond donors (Lipinski definition) is 2. The maximum atomic E-state index is 12.8. The predicted octanol–water partition coefficient (Wildman–Crippen LogP) is 2.20. The molecule has 1 aliphatic heterocycles. The van der Waals surface area contributed by atoms with Crippen LogP contribution in [-0.4, -0.2) is 33.9 Å². The Morgan fingerprint density at radius 3 is 2.91 bits per heavy atom.